The monoisotopic (exact) mass is 267 g/mol. The van der Waals surface area contributed by atoms with E-state index in [1.165, 1.54) is 18.2 Å². The average Bonchev–Trinajstić information content (AvgIpc) is 2.85. The van der Waals surface area contributed by atoms with Crippen LogP contribution in [-0.2, 0) is 19.6 Å². The van der Waals surface area contributed by atoms with Crippen LogP contribution in [0.15, 0.2) is 23.6 Å². The molecule has 0 amide bonds. The van der Waals surface area contributed by atoms with Gasteiger partial charge in [-0.3, -0.25) is 0 Å². The van der Waals surface area contributed by atoms with Crippen LogP contribution in [0.4, 0.5) is 4.39 Å². The number of aliphatic hydroxyl groups is 1. The summed E-state index contributed by atoms with van der Waals surface area (Å²) in [4.78, 5) is 4.37. The van der Waals surface area contributed by atoms with Gasteiger partial charge in [-0.1, -0.05) is 6.92 Å². The first-order chi connectivity index (χ1) is 8.72. The number of benzene rings is 1. The molecule has 0 aliphatic rings. The van der Waals surface area contributed by atoms with Crippen molar-refractivity contribution >= 4 is 11.3 Å². The maximum absolute atomic E-state index is 13.0. The summed E-state index contributed by atoms with van der Waals surface area (Å²) in [5, 5.41) is 12.1. The molecule has 0 fully saturated rings. The lowest BCUT2D eigenvalue weighted by Crippen LogP contribution is -2.00. The lowest BCUT2D eigenvalue weighted by Gasteiger charge is -2.08. The van der Waals surface area contributed by atoms with Crippen LogP contribution in [0.2, 0.25) is 0 Å². The molecule has 1 N–H and O–H groups in total. The van der Waals surface area contributed by atoms with Crippen LogP contribution in [0.1, 0.15) is 23.2 Å². The number of rotatable bonds is 5. The Kier molecular flexibility index (Phi) is 4.28. The maximum Gasteiger partial charge on any atom is 0.131 e. The fourth-order valence-electron chi connectivity index (χ4n) is 1.54. The molecule has 0 spiro atoms. The number of aliphatic hydroxyl groups excluding tert-OH is 1. The minimum absolute atomic E-state index is 0.246. The van der Waals surface area contributed by atoms with E-state index >= 15 is 0 Å². The summed E-state index contributed by atoms with van der Waals surface area (Å²) < 4.78 is 18.5. The number of hydrogen-bond donors (Lipinski definition) is 1. The molecular weight excluding hydrogens is 253 g/mol. The maximum atomic E-state index is 13.0. The van der Waals surface area contributed by atoms with Crippen molar-refractivity contribution in [3.8, 4) is 5.75 Å². The Morgan fingerprint density at radius 1 is 1.44 bits per heavy atom. The average molecular weight is 267 g/mol. The van der Waals surface area contributed by atoms with Gasteiger partial charge in [-0.2, -0.15) is 0 Å². The van der Waals surface area contributed by atoms with Gasteiger partial charge in [0.15, 0.2) is 0 Å². The third-order valence-corrected chi connectivity index (χ3v) is 3.51. The van der Waals surface area contributed by atoms with Gasteiger partial charge in [0.1, 0.15) is 18.2 Å². The van der Waals surface area contributed by atoms with Crippen LogP contribution in [0, 0.1) is 5.82 Å². The molecule has 0 saturated heterocycles. The van der Waals surface area contributed by atoms with Gasteiger partial charge in [-0.05, 0) is 24.6 Å². The van der Waals surface area contributed by atoms with Gasteiger partial charge in [0.2, 0.25) is 0 Å². The predicted octanol–water partition coefficient (Wildman–Crippen LogP) is 2.92. The number of aromatic nitrogens is 1. The molecule has 1 heterocycles. The van der Waals surface area contributed by atoms with Crippen molar-refractivity contribution in [2.24, 2.45) is 0 Å². The highest BCUT2D eigenvalue weighted by molar-refractivity contribution is 7.09. The molecule has 0 bridgehead atoms. The van der Waals surface area contributed by atoms with E-state index in [0.29, 0.717) is 17.9 Å². The molecule has 0 aliphatic carbocycles. The lowest BCUT2D eigenvalue weighted by atomic mass is 10.2. The first-order valence-corrected chi connectivity index (χ1v) is 6.56. The summed E-state index contributed by atoms with van der Waals surface area (Å²) in [7, 11) is 0. The van der Waals surface area contributed by atoms with Gasteiger partial charge < -0.3 is 9.84 Å². The largest absolute Gasteiger partial charge is 0.487 e. The summed E-state index contributed by atoms with van der Waals surface area (Å²) in [6, 6.07) is 4.11. The Hall–Kier alpha value is -1.46. The Balaban J connectivity index is 2.05. The molecule has 0 atom stereocenters. The number of halogens is 1. The zero-order valence-corrected chi connectivity index (χ0v) is 10.8. The SMILES string of the molecule is CCc1nc(COc2ccc(F)cc2CO)cs1. The van der Waals surface area contributed by atoms with E-state index in [1.54, 1.807) is 11.3 Å². The van der Waals surface area contributed by atoms with E-state index in [4.69, 9.17) is 9.84 Å². The smallest absolute Gasteiger partial charge is 0.131 e. The van der Waals surface area contributed by atoms with Crippen molar-refractivity contribution in [3.63, 3.8) is 0 Å². The third-order valence-electron chi connectivity index (χ3n) is 2.47. The van der Waals surface area contributed by atoms with Crippen LogP contribution < -0.4 is 4.74 Å². The molecule has 18 heavy (non-hydrogen) atoms. The molecule has 0 radical (unpaired) electrons. The first-order valence-electron chi connectivity index (χ1n) is 5.68. The molecule has 2 aromatic rings. The highest BCUT2D eigenvalue weighted by Crippen LogP contribution is 2.21. The summed E-state index contributed by atoms with van der Waals surface area (Å²) in [5.74, 6) is 0.110. The van der Waals surface area contributed by atoms with Gasteiger partial charge in [-0.15, -0.1) is 11.3 Å². The Bertz CT molecular complexity index is 527. The van der Waals surface area contributed by atoms with Crippen molar-refractivity contribution < 1.29 is 14.2 Å². The molecule has 1 aromatic heterocycles. The first kappa shape index (κ1) is 13.0. The molecule has 2 rings (SSSR count). The quantitative estimate of drug-likeness (QED) is 0.905. The summed E-state index contributed by atoms with van der Waals surface area (Å²) in [6.45, 7) is 2.13. The Morgan fingerprint density at radius 2 is 2.28 bits per heavy atom. The lowest BCUT2D eigenvalue weighted by molar-refractivity contribution is 0.257. The van der Waals surface area contributed by atoms with Crippen LogP contribution in [-0.4, -0.2) is 10.1 Å². The standard InChI is InChI=1S/C13H14FNO2S/c1-2-13-15-11(8-18-13)7-17-12-4-3-10(14)5-9(12)6-16/h3-5,8,16H,2,6-7H2,1H3. The highest BCUT2D eigenvalue weighted by atomic mass is 32.1. The van der Waals surface area contributed by atoms with Crippen LogP contribution in [0.5, 0.6) is 5.75 Å². The predicted molar refractivity (Wildman–Crippen MR) is 68.1 cm³/mol. The summed E-state index contributed by atoms with van der Waals surface area (Å²) in [6.07, 6.45) is 0.906. The topological polar surface area (TPSA) is 42.4 Å². The van der Waals surface area contributed by atoms with Crippen LogP contribution in [0.3, 0.4) is 0 Å². The number of ether oxygens (including phenoxy) is 1. The van der Waals surface area contributed by atoms with Gasteiger partial charge in [0.25, 0.3) is 0 Å². The molecule has 0 saturated carbocycles. The summed E-state index contributed by atoms with van der Waals surface area (Å²) in [5.41, 5.74) is 1.30. The van der Waals surface area contributed by atoms with Crippen molar-refractivity contribution in [1.82, 2.24) is 4.98 Å². The summed E-state index contributed by atoms with van der Waals surface area (Å²) >= 11 is 1.60. The van der Waals surface area contributed by atoms with E-state index in [2.05, 4.69) is 4.98 Å². The second-order valence-electron chi connectivity index (χ2n) is 3.78. The highest BCUT2D eigenvalue weighted by Gasteiger charge is 2.06. The van der Waals surface area contributed by atoms with Crippen LogP contribution >= 0.6 is 11.3 Å². The van der Waals surface area contributed by atoms with E-state index in [0.717, 1.165) is 17.1 Å². The fraction of sp³-hybridized carbons (Fsp3) is 0.308. The minimum Gasteiger partial charge on any atom is -0.487 e. The fourth-order valence-corrected chi connectivity index (χ4v) is 2.27. The van der Waals surface area contributed by atoms with E-state index in [1.807, 2.05) is 12.3 Å². The number of thiazole rings is 1. The third kappa shape index (κ3) is 3.05. The molecule has 96 valence electrons. The van der Waals surface area contributed by atoms with Crippen molar-refractivity contribution in [3.05, 3.63) is 45.7 Å². The van der Waals surface area contributed by atoms with Crippen molar-refractivity contribution in [2.75, 3.05) is 0 Å². The molecular formula is C13H14FNO2S. The number of nitrogens with zero attached hydrogens (tertiary/aromatic N) is 1. The van der Waals surface area contributed by atoms with E-state index in [-0.39, 0.29) is 12.4 Å². The number of hydrogen-bond acceptors (Lipinski definition) is 4. The molecule has 5 heteroatoms. The van der Waals surface area contributed by atoms with Crippen molar-refractivity contribution in [1.29, 1.82) is 0 Å². The van der Waals surface area contributed by atoms with Gasteiger partial charge in [0.05, 0.1) is 17.3 Å². The van der Waals surface area contributed by atoms with Crippen molar-refractivity contribution in [2.45, 2.75) is 26.6 Å². The van der Waals surface area contributed by atoms with E-state index < -0.39 is 0 Å². The molecule has 3 nitrogen and oxygen atoms in total. The van der Waals surface area contributed by atoms with Gasteiger partial charge >= 0.3 is 0 Å². The van der Waals surface area contributed by atoms with Gasteiger partial charge in [-0.25, -0.2) is 9.37 Å². The second-order valence-corrected chi connectivity index (χ2v) is 4.73. The number of aryl methyl sites for hydroxylation is 1. The van der Waals surface area contributed by atoms with E-state index in [9.17, 15) is 4.39 Å². The zero-order chi connectivity index (χ0) is 13.0. The molecule has 1 aromatic carbocycles. The zero-order valence-electron chi connectivity index (χ0n) is 10.0. The Labute approximate surface area is 109 Å². The Morgan fingerprint density at radius 3 is 2.94 bits per heavy atom. The molecule has 0 aliphatic heterocycles. The van der Waals surface area contributed by atoms with Gasteiger partial charge in [0, 0.05) is 10.9 Å². The second kappa shape index (κ2) is 5.93. The molecule has 0 unspecified atom stereocenters. The normalized spacial score (nSPS) is 10.6. The minimum atomic E-state index is -0.381. The van der Waals surface area contributed by atoms with Crippen LogP contribution in [0.25, 0.3) is 0 Å².